The van der Waals surface area contributed by atoms with Crippen molar-refractivity contribution in [3.63, 3.8) is 0 Å². The molecule has 0 heterocycles. The van der Waals surface area contributed by atoms with Crippen molar-refractivity contribution in [3.8, 4) is 0 Å². The molecular weight excluding hydrogens is 184 g/mol. The summed E-state index contributed by atoms with van der Waals surface area (Å²) in [4.78, 5) is 0. The van der Waals surface area contributed by atoms with Gasteiger partial charge in [0.25, 0.3) is 0 Å². The van der Waals surface area contributed by atoms with E-state index in [1.807, 2.05) is 6.26 Å². The zero-order chi connectivity index (χ0) is 7.98. The first kappa shape index (κ1) is 10.6. The largest absolute Gasteiger partial charge is 0.255 e. The quantitative estimate of drug-likeness (QED) is 0.686. The third kappa shape index (κ3) is 5.38. The highest BCUT2D eigenvalue weighted by atomic mass is 32.2. The Bertz CT molecular complexity index is 142. The number of hydrogen-bond donors (Lipinski definition) is 0. The summed E-state index contributed by atoms with van der Waals surface area (Å²) in [5.41, 5.74) is 0. The first-order chi connectivity index (χ1) is 4.70. The first-order valence-electron chi connectivity index (χ1n) is 2.91. The Hall–Kier alpha value is 0.590. The van der Waals surface area contributed by atoms with Gasteiger partial charge in [0.05, 0.1) is 0 Å². The molecule has 0 amide bonds. The number of hydrogen-bond acceptors (Lipinski definition) is 3. The minimum atomic E-state index is -0.801. The van der Waals surface area contributed by atoms with E-state index in [2.05, 4.69) is 6.92 Å². The molecule has 0 aromatic heterocycles. The minimum absolute atomic E-state index is 0.801. The van der Waals surface area contributed by atoms with Crippen molar-refractivity contribution in [2.24, 2.45) is 0 Å². The fourth-order valence-corrected chi connectivity index (χ4v) is 3.27. The van der Waals surface area contributed by atoms with E-state index in [-0.39, 0.29) is 0 Å². The van der Waals surface area contributed by atoms with Crippen LogP contribution in [0.15, 0.2) is 9.65 Å². The van der Waals surface area contributed by atoms with Crippen LogP contribution in [0.3, 0.4) is 0 Å². The van der Waals surface area contributed by atoms with E-state index < -0.39 is 10.8 Å². The summed E-state index contributed by atoms with van der Waals surface area (Å²) in [5, 5.41) is 1.79. The lowest BCUT2D eigenvalue weighted by Gasteiger charge is -1.97. The van der Waals surface area contributed by atoms with Crippen LogP contribution in [-0.4, -0.2) is 22.5 Å². The van der Waals surface area contributed by atoms with Gasteiger partial charge in [0, 0.05) is 26.7 Å². The molecule has 0 aliphatic heterocycles. The second-order valence-electron chi connectivity index (χ2n) is 1.57. The van der Waals surface area contributed by atoms with Crippen LogP contribution in [0.1, 0.15) is 6.92 Å². The second kappa shape index (κ2) is 6.31. The Kier molecular flexibility index (Phi) is 6.68. The molecule has 0 bridgehead atoms. The Labute approximate surface area is 73.5 Å². The summed E-state index contributed by atoms with van der Waals surface area (Å²) >= 11 is 3.39. The van der Waals surface area contributed by atoms with Crippen LogP contribution in [0.4, 0.5) is 0 Å². The zero-order valence-corrected chi connectivity index (χ0v) is 8.87. The topological polar surface area (TPSA) is 17.1 Å². The maximum Gasteiger partial charge on any atom is 0.0486 e. The molecule has 0 rings (SSSR count). The maximum absolute atomic E-state index is 10.7. The SMILES string of the molecule is CCS/C(=C/S(C)=O)SC. The van der Waals surface area contributed by atoms with Crippen LogP contribution in [0.5, 0.6) is 0 Å². The molecule has 60 valence electrons. The molecule has 1 nitrogen and oxygen atoms in total. The standard InChI is InChI=1S/C6H12OS3/c1-4-9-6(8-2)5-10(3)7/h5H,4H2,1-3H3/b6-5+. The van der Waals surface area contributed by atoms with E-state index in [9.17, 15) is 4.21 Å². The van der Waals surface area contributed by atoms with Gasteiger partial charge in [0.2, 0.25) is 0 Å². The van der Waals surface area contributed by atoms with Gasteiger partial charge in [-0.05, 0) is 12.0 Å². The van der Waals surface area contributed by atoms with Crippen LogP contribution in [0, 0.1) is 0 Å². The van der Waals surface area contributed by atoms with Crippen molar-refractivity contribution in [3.05, 3.63) is 9.65 Å². The minimum Gasteiger partial charge on any atom is -0.255 e. The van der Waals surface area contributed by atoms with E-state index >= 15 is 0 Å². The lowest BCUT2D eigenvalue weighted by molar-refractivity contribution is 0.691. The molecule has 0 aliphatic carbocycles. The summed E-state index contributed by atoms with van der Waals surface area (Å²) in [6, 6.07) is 0. The number of thioether (sulfide) groups is 2. The predicted octanol–water partition coefficient (Wildman–Crippen LogP) is 2.28. The van der Waals surface area contributed by atoms with Crippen molar-refractivity contribution in [1.29, 1.82) is 0 Å². The Balaban J connectivity index is 3.91. The van der Waals surface area contributed by atoms with Crippen molar-refractivity contribution in [2.45, 2.75) is 6.92 Å². The third-order valence-corrected chi connectivity index (χ3v) is 3.68. The van der Waals surface area contributed by atoms with Crippen molar-refractivity contribution < 1.29 is 4.21 Å². The summed E-state index contributed by atoms with van der Waals surface area (Å²) in [5.74, 6) is 1.05. The fourth-order valence-electron chi connectivity index (χ4n) is 0.419. The van der Waals surface area contributed by atoms with Gasteiger partial charge in [-0.3, -0.25) is 4.21 Å². The summed E-state index contributed by atoms with van der Waals surface area (Å²) in [6.07, 6.45) is 3.69. The van der Waals surface area contributed by atoms with Gasteiger partial charge in [-0.2, -0.15) is 0 Å². The lowest BCUT2D eigenvalue weighted by Crippen LogP contribution is -1.78. The van der Waals surface area contributed by atoms with Gasteiger partial charge in [-0.1, -0.05) is 6.92 Å². The van der Waals surface area contributed by atoms with Crippen LogP contribution < -0.4 is 0 Å². The summed E-state index contributed by atoms with van der Waals surface area (Å²) < 4.78 is 11.9. The molecule has 0 aliphatic rings. The van der Waals surface area contributed by atoms with Crippen molar-refractivity contribution in [2.75, 3.05) is 18.3 Å². The maximum atomic E-state index is 10.7. The van der Waals surface area contributed by atoms with Crippen molar-refractivity contribution >= 4 is 34.3 Å². The molecule has 0 saturated heterocycles. The second-order valence-corrected chi connectivity index (χ2v) is 5.22. The molecule has 4 heteroatoms. The molecule has 10 heavy (non-hydrogen) atoms. The van der Waals surface area contributed by atoms with E-state index in [4.69, 9.17) is 0 Å². The molecule has 0 saturated carbocycles. The van der Waals surface area contributed by atoms with E-state index in [0.717, 1.165) is 9.99 Å². The monoisotopic (exact) mass is 196 g/mol. The average molecular weight is 196 g/mol. The van der Waals surface area contributed by atoms with Gasteiger partial charge >= 0.3 is 0 Å². The first-order valence-corrected chi connectivity index (χ1v) is 6.74. The van der Waals surface area contributed by atoms with E-state index in [1.54, 1.807) is 35.2 Å². The normalized spacial score (nSPS) is 15.3. The molecule has 0 N–H and O–H groups in total. The molecule has 1 unspecified atom stereocenters. The zero-order valence-electron chi connectivity index (χ0n) is 6.42. The fraction of sp³-hybridized carbons (Fsp3) is 0.667. The molecule has 0 aromatic rings. The predicted molar refractivity (Wildman–Crippen MR) is 53.8 cm³/mol. The van der Waals surface area contributed by atoms with Crippen LogP contribution >= 0.6 is 23.5 Å². The summed E-state index contributed by atoms with van der Waals surface area (Å²) in [6.45, 7) is 2.09. The van der Waals surface area contributed by atoms with Crippen LogP contribution in [-0.2, 0) is 10.8 Å². The van der Waals surface area contributed by atoms with Crippen LogP contribution in [0.2, 0.25) is 0 Å². The van der Waals surface area contributed by atoms with Gasteiger partial charge in [0.1, 0.15) is 0 Å². The van der Waals surface area contributed by atoms with E-state index in [1.165, 1.54) is 0 Å². The highest BCUT2D eigenvalue weighted by Crippen LogP contribution is 2.25. The smallest absolute Gasteiger partial charge is 0.0486 e. The Morgan fingerprint density at radius 1 is 1.70 bits per heavy atom. The van der Waals surface area contributed by atoms with Gasteiger partial charge < -0.3 is 0 Å². The van der Waals surface area contributed by atoms with Crippen LogP contribution in [0.25, 0.3) is 0 Å². The Morgan fingerprint density at radius 3 is 2.60 bits per heavy atom. The molecular formula is C6H12OS3. The number of rotatable bonds is 4. The lowest BCUT2D eigenvalue weighted by atomic mass is 11.0. The average Bonchev–Trinajstić information content (AvgIpc) is 1.86. The molecule has 0 aromatic carbocycles. The Morgan fingerprint density at radius 2 is 2.30 bits per heavy atom. The van der Waals surface area contributed by atoms with Gasteiger partial charge in [-0.25, -0.2) is 0 Å². The van der Waals surface area contributed by atoms with Gasteiger partial charge in [0.15, 0.2) is 0 Å². The van der Waals surface area contributed by atoms with Crippen molar-refractivity contribution in [1.82, 2.24) is 0 Å². The van der Waals surface area contributed by atoms with Gasteiger partial charge in [-0.15, -0.1) is 23.5 Å². The third-order valence-electron chi connectivity index (χ3n) is 0.750. The highest BCUT2D eigenvalue weighted by molar-refractivity contribution is 8.22. The molecule has 0 fully saturated rings. The molecule has 0 radical (unpaired) electrons. The molecule has 0 spiro atoms. The highest BCUT2D eigenvalue weighted by Gasteiger charge is 1.93. The molecule has 1 atom stereocenters. The summed E-state index contributed by atoms with van der Waals surface area (Å²) in [7, 11) is -0.801. The van der Waals surface area contributed by atoms with E-state index in [0.29, 0.717) is 0 Å².